The van der Waals surface area contributed by atoms with Crippen LogP contribution >= 0.6 is 11.3 Å². The molecule has 4 heterocycles. The van der Waals surface area contributed by atoms with Crippen molar-refractivity contribution < 1.29 is 4.39 Å². The number of fused-ring (bicyclic) bond motifs is 1. The van der Waals surface area contributed by atoms with Crippen molar-refractivity contribution in [2.75, 3.05) is 18.0 Å². The lowest BCUT2D eigenvalue weighted by atomic mass is 9.84. The first kappa shape index (κ1) is 19.8. The van der Waals surface area contributed by atoms with E-state index in [0.717, 1.165) is 36.8 Å². The van der Waals surface area contributed by atoms with Gasteiger partial charge in [0, 0.05) is 24.9 Å². The number of allylic oxidation sites excluding steroid dienone is 4. The van der Waals surface area contributed by atoms with Gasteiger partial charge in [-0.1, -0.05) is 53.7 Å². The van der Waals surface area contributed by atoms with Crippen LogP contribution in [0.25, 0.3) is 16.0 Å². The van der Waals surface area contributed by atoms with Gasteiger partial charge in [0.2, 0.25) is 0 Å². The summed E-state index contributed by atoms with van der Waals surface area (Å²) >= 11 is 1.72. The van der Waals surface area contributed by atoms with Crippen LogP contribution in [-0.4, -0.2) is 27.6 Å². The zero-order valence-corrected chi connectivity index (χ0v) is 18.1. The molecule has 4 nitrogen and oxygen atoms in total. The van der Waals surface area contributed by atoms with Crippen molar-refractivity contribution in [2.45, 2.75) is 25.8 Å². The third-order valence-electron chi connectivity index (χ3n) is 6.25. The highest BCUT2D eigenvalue weighted by Crippen LogP contribution is 2.47. The lowest BCUT2D eigenvalue weighted by Gasteiger charge is -2.36. The van der Waals surface area contributed by atoms with Crippen LogP contribution < -0.4 is 4.90 Å². The predicted octanol–water partition coefficient (Wildman–Crippen LogP) is 5.74. The van der Waals surface area contributed by atoms with E-state index >= 15 is 0 Å². The lowest BCUT2D eigenvalue weighted by molar-refractivity contribution is 0.308. The van der Waals surface area contributed by atoms with Gasteiger partial charge in [0.25, 0.3) is 0 Å². The number of terminal acetylenes is 1. The topological polar surface area (TPSA) is 34.0 Å². The maximum Gasteiger partial charge on any atom is 0.185 e. The van der Waals surface area contributed by atoms with Crippen molar-refractivity contribution in [3.8, 4) is 22.8 Å². The minimum Gasteiger partial charge on any atom is -0.348 e. The summed E-state index contributed by atoms with van der Waals surface area (Å²) in [7, 11) is 0. The number of halogens is 1. The molecule has 0 bridgehead atoms. The van der Waals surface area contributed by atoms with E-state index in [1.165, 1.54) is 16.5 Å². The van der Waals surface area contributed by atoms with Gasteiger partial charge in [0.1, 0.15) is 5.83 Å². The molecule has 0 saturated carbocycles. The number of benzene rings is 1. The van der Waals surface area contributed by atoms with Gasteiger partial charge in [-0.15, -0.1) is 6.42 Å². The summed E-state index contributed by atoms with van der Waals surface area (Å²) in [4.78, 5) is 12.5. The van der Waals surface area contributed by atoms with E-state index in [0.29, 0.717) is 17.1 Å². The summed E-state index contributed by atoms with van der Waals surface area (Å²) in [6.07, 6.45) is 14.7. The minimum atomic E-state index is -0.225. The highest BCUT2D eigenvalue weighted by atomic mass is 32.1. The van der Waals surface area contributed by atoms with Crippen LogP contribution in [0.4, 0.5) is 9.52 Å². The van der Waals surface area contributed by atoms with Gasteiger partial charge in [0.05, 0.1) is 34.7 Å². The van der Waals surface area contributed by atoms with Gasteiger partial charge in [-0.3, -0.25) is 0 Å². The number of thiazole rings is 1. The Kier molecular flexibility index (Phi) is 5.21. The molecule has 0 aliphatic carbocycles. The van der Waals surface area contributed by atoms with Crippen molar-refractivity contribution in [2.24, 2.45) is 5.92 Å². The summed E-state index contributed by atoms with van der Waals surface area (Å²) in [6, 6.07) is 10.2. The standard InChI is InChI=1S/C25H23FN4S/c1-3-19-21-14-27-16-30(21)24(23(19)20(26)4-2)18-10-12-29(13-11-18)25-28-15-22(31-25)17-8-6-5-7-9-17/h1,4-9,14-16,18,24H,10-13H2,2H3/b20-4+. The molecule has 1 unspecified atom stereocenters. The van der Waals surface area contributed by atoms with E-state index in [1.54, 1.807) is 30.8 Å². The number of hydrogen-bond acceptors (Lipinski definition) is 4. The molecule has 1 aromatic carbocycles. The molecule has 2 aliphatic heterocycles. The van der Waals surface area contributed by atoms with Gasteiger partial charge < -0.3 is 9.47 Å². The number of nitrogens with zero attached hydrogens (tertiary/aromatic N) is 4. The lowest BCUT2D eigenvalue weighted by Crippen LogP contribution is -2.36. The van der Waals surface area contributed by atoms with Crippen molar-refractivity contribution in [3.63, 3.8) is 0 Å². The molecule has 1 fully saturated rings. The Bertz CT molecular complexity index is 1190. The quantitative estimate of drug-likeness (QED) is 0.495. The fraction of sp³-hybridized carbons (Fsp3) is 0.280. The normalized spacial score (nSPS) is 19.6. The Morgan fingerprint density at radius 2 is 2.00 bits per heavy atom. The minimum absolute atomic E-state index is 0.0990. The highest BCUT2D eigenvalue weighted by molar-refractivity contribution is 7.18. The fourth-order valence-corrected chi connectivity index (χ4v) is 5.70. The van der Waals surface area contributed by atoms with Gasteiger partial charge >= 0.3 is 0 Å². The maximum atomic E-state index is 14.9. The largest absolute Gasteiger partial charge is 0.348 e. The van der Waals surface area contributed by atoms with Crippen molar-refractivity contribution in [1.82, 2.24) is 14.5 Å². The number of aromatic nitrogens is 3. The van der Waals surface area contributed by atoms with Crippen molar-refractivity contribution in [1.29, 1.82) is 0 Å². The van der Waals surface area contributed by atoms with E-state index in [9.17, 15) is 4.39 Å². The van der Waals surface area contributed by atoms with Crippen LogP contribution in [0.2, 0.25) is 0 Å². The van der Waals surface area contributed by atoms with E-state index < -0.39 is 0 Å². The number of anilines is 1. The molecule has 5 rings (SSSR count). The Labute approximate surface area is 185 Å². The number of imidazole rings is 1. The summed E-state index contributed by atoms with van der Waals surface area (Å²) in [6.45, 7) is 3.50. The fourth-order valence-electron chi connectivity index (χ4n) is 4.73. The predicted molar refractivity (Wildman–Crippen MR) is 124 cm³/mol. The molecular weight excluding hydrogens is 407 g/mol. The monoisotopic (exact) mass is 430 g/mol. The number of rotatable bonds is 4. The van der Waals surface area contributed by atoms with Crippen molar-refractivity contribution in [3.05, 3.63) is 72.2 Å². The second kappa shape index (κ2) is 8.16. The van der Waals surface area contributed by atoms with E-state index in [4.69, 9.17) is 6.42 Å². The molecule has 1 saturated heterocycles. The van der Waals surface area contributed by atoms with Crippen LogP contribution in [-0.2, 0) is 0 Å². The van der Waals surface area contributed by atoms with Crippen LogP contribution in [0.1, 0.15) is 31.5 Å². The molecule has 156 valence electrons. The van der Waals surface area contributed by atoms with Gasteiger partial charge in [0.15, 0.2) is 5.13 Å². The van der Waals surface area contributed by atoms with E-state index in [-0.39, 0.29) is 11.9 Å². The zero-order chi connectivity index (χ0) is 21.4. The molecule has 6 heteroatoms. The smallest absolute Gasteiger partial charge is 0.185 e. The Balaban J connectivity index is 1.36. The molecule has 2 aliphatic rings. The first-order valence-corrected chi connectivity index (χ1v) is 11.3. The first-order chi connectivity index (χ1) is 15.2. The highest BCUT2D eigenvalue weighted by Gasteiger charge is 2.39. The number of piperidine rings is 1. The average molecular weight is 431 g/mol. The SMILES string of the molecule is C#CC1=C(/C(F)=C\C)C(C2CCN(c3ncc(-c4ccccc4)s3)CC2)n2cncc21. The average Bonchev–Trinajstić information content (AvgIpc) is 3.55. The van der Waals surface area contributed by atoms with Crippen LogP contribution in [0.3, 0.4) is 0 Å². The van der Waals surface area contributed by atoms with E-state index in [1.807, 2.05) is 24.4 Å². The van der Waals surface area contributed by atoms with Gasteiger partial charge in [-0.25, -0.2) is 14.4 Å². The summed E-state index contributed by atoms with van der Waals surface area (Å²) in [5.41, 5.74) is 3.31. The second-order valence-electron chi connectivity index (χ2n) is 7.90. The Hall–Kier alpha value is -3.17. The van der Waals surface area contributed by atoms with Crippen molar-refractivity contribution >= 4 is 22.0 Å². The molecule has 31 heavy (non-hydrogen) atoms. The molecule has 2 aromatic heterocycles. The van der Waals surface area contributed by atoms with Gasteiger partial charge in [-0.2, -0.15) is 0 Å². The Morgan fingerprint density at radius 3 is 2.71 bits per heavy atom. The summed E-state index contributed by atoms with van der Waals surface area (Å²) in [5, 5.41) is 1.05. The zero-order valence-electron chi connectivity index (χ0n) is 17.3. The maximum absolute atomic E-state index is 14.9. The van der Waals surface area contributed by atoms with Crippen LogP contribution in [0.15, 0.2) is 66.5 Å². The number of hydrogen-bond donors (Lipinski definition) is 0. The molecular formula is C25H23FN4S. The van der Waals surface area contributed by atoms with Crippen LogP contribution in [0, 0.1) is 18.3 Å². The molecule has 0 radical (unpaired) electrons. The molecule has 0 amide bonds. The van der Waals surface area contributed by atoms with Crippen LogP contribution in [0.5, 0.6) is 0 Å². The molecule has 1 atom stereocenters. The summed E-state index contributed by atoms with van der Waals surface area (Å²) < 4.78 is 16.9. The molecule has 0 spiro atoms. The second-order valence-corrected chi connectivity index (χ2v) is 8.91. The van der Waals surface area contributed by atoms with E-state index in [2.05, 4.69) is 37.5 Å². The van der Waals surface area contributed by atoms with Gasteiger partial charge in [-0.05, 0) is 31.2 Å². The molecule has 0 N–H and O–H groups in total. The first-order valence-electron chi connectivity index (χ1n) is 10.5. The third-order valence-corrected chi connectivity index (χ3v) is 7.36. The third kappa shape index (κ3) is 3.39. The summed E-state index contributed by atoms with van der Waals surface area (Å²) in [5.74, 6) is 2.78. The Morgan fingerprint density at radius 1 is 1.23 bits per heavy atom. The molecule has 3 aromatic rings.